The predicted octanol–water partition coefficient (Wildman–Crippen LogP) is 9.05. The van der Waals surface area contributed by atoms with Crippen molar-refractivity contribution in [2.24, 2.45) is 0 Å². The van der Waals surface area contributed by atoms with Crippen molar-refractivity contribution < 1.29 is 0 Å². The fraction of sp³-hybridized carbons (Fsp3) is 0.400. The minimum atomic E-state index is 1.19. The molecule has 0 nitrogen and oxygen atoms in total. The van der Waals surface area contributed by atoms with E-state index in [0.717, 1.165) is 0 Å². The number of rotatable bonds is 11. The van der Waals surface area contributed by atoms with Crippen LogP contribution < -0.4 is 0 Å². The highest BCUT2D eigenvalue weighted by Crippen LogP contribution is 2.38. The standard InChI is InChI=1S/C30H38/c1-4-7-20-26-27(21-8-5-2)29(24-16-12-10-13-17-24)23-30(28(26)22-9-6-3)25-18-14-11-15-19-25/h10-19,23H,4-9,20-22H2,1-3H3. The van der Waals surface area contributed by atoms with Gasteiger partial charge >= 0.3 is 0 Å². The van der Waals surface area contributed by atoms with Crippen LogP contribution in [0.15, 0.2) is 66.7 Å². The van der Waals surface area contributed by atoms with E-state index in [2.05, 4.69) is 87.5 Å². The van der Waals surface area contributed by atoms with Gasteiger partial charge in [0, 0.05) is 0 Å². The predicted molar refractivity (Wildman–Crippen MR) is 133 cm³/mol. The third-order valence-electron chi connectivity index (χ3n) is 6.18. The first-order valence-electron chi connectivity index (χ1n) is 12.1. The van der Waals surface area contributed by atoms with Crippen molar-refractivity contribution in [2.75, 3.05) is 0 Å². The Morgan fingerprint density at radius 2 is 0.833 bits per heavy atom. The molecule has 3 aromatic rings. The molecule has 0 unspecified atom stereocenters. The van der Waals surface area contributed by atoms with Crippen molar-refractivity contribution >= 4 is 0 Å². The average molecular weight is 399 g/mol. The molecule has 30 heavy (non-hydrogen) atoms. The molecule has 0 heterocycles. The second-order valence-electron chi connectivity index (χ2n) is 8.45. The van der Waals surface area contributed by atoms with E-state index in [-0.39, 0.29) is 0 Å². The minimum absolute atomic E-state index is 1.19. The van der Waals surface area contributed by atoms with Crippen LogP contribution in [0.5, 0.6) is 0 Å². The van der Waals surface area contributed by atoms with Crippen molar-refractivity contribution in [1.29, 1.82) is 0 Å². The zero-order chi connectivity index (χ0) is 21.2. The lowest BCUT2D eigenvalue weighted by atomic mass is 9.81. The van der Waals surface area contributed by atoms with Gasteiger partial charge in [-0.15, -0.1) is 0 Å². The van der Waals surface area contributed by atoms with Crippen molar-refractivity contribution in [3.05, 3.63) is 83.4 Å². The van der Waals surface area contributed by atoms with Gasteiger partial charge in [0.25, 0.3) is 0 Å². The van der Waals surface area contributed by atoms with Gasteiger partial charge in [0.2, 0.25) is 0 Å². The van der Waals surface area contributed by atoms with E-state index in [1.165, 1.54) is 80.0 Å². The zero-order valence-corrected chi connectivity index (χ0v) is 19.2. The van der Waals surface area contributed by atoms with E-state index in [4.69, 9.17) is 0 Å². The Labute approximate surface area is 184 Å². The Morgan fingerprint density at radius 1 is 0.467 bits per heavy atom. The van der Waals surface area contributed by atoms with Crippen molar-refractivity contribution in [3.8, 4) is 22.3 Å². The van der Waals surface area contributed by atoms with Gasteiger partial charge in [0.05, 0.1) is 0 Å². The monoisotopic (exact) mass is 398 g/mol. The average Bonchev–Trinajstić information content (AvgIpc) is 2.81. The largest absolute Gasteiger partial charge is 0.0654 e. The van der Waals surface area contributed by atoms with E-state index >= 15 is 0 Å². The molecular formula is C30H38. The molecule has 3 rings (SSSR count). The Hall–Kier alpha value is -2.34. The number of hydrogen-bond donors (Lipinski definition) is 0. The highest BCUT2D eigenvalue weighted by Gasteiger charge is 2.19. The number of benzene rings is 3. The molecule has 0 radical (unpaired) electrons. The van der Waals surface area contributed by atoms with Gasteiger partial charge in [-0.3, -0.25) is 0 Å². The smallest absolute Gasteiger partial charge is 0.0143 e. The first kappa shape index (κ1) is 22.3. The molecule has 0 aromatic heterocycles. The van der Waals surface area contributed by atoms with Gasteiger partial charge < -0.3 is 0 Å². The van der Waals surface area contributed by atoms with Gasteiger partial charge in [-0.1, -0.05) is 101 Å². The molecule has 0 aliphatic carbocycles. The molecule has 158 valence electrons. The normalized spacial score (nSPS) is 11.0. The minimum Gasteiger partial charge on any atom is -0.0654 e. The van der Waals surface area contributed by atoms with Crippen LogP contribution >= 0.6 is 0 Å². The molecule has 0 atom stereocenters. The summed E-state index contributed by atoms with van der Waals surface area (Å²) in [6.07, 6.45) is 11.1. The fourth-order valence-electron chi connectivity index (χ4n) is 4.51. The van der Waals surface area contributed by atoms with Gasteiger partial charge in [-0.2, -0.15) is 0 Å². The zero-order valence-electron chi connectivity index (χ0n) is 19.2. The van der Waals surface area contributed by atoms with Crippen LogP contribution in [0.3, 0.4) is 0 Å². The molecule has 0 aliphatic heterocycles. The quantitative estimate of drug-likeness (QED) is 0.302. The summed E-state index contributed by atoms with van der Waals surface area (Å²) in [7, 11) is 0. The molecule has 0 saturated carbocycles. The molecule has 0 saturated heterocycles. The summed E-state index contributed by atoms with van der Waals surface area (Å²) in [5, 5.41) is 0. The summed E-state index contributed by atoms with van der Waals surface area (Å²) in [5.41, 5.74) is 10.5. The summed E-state index contributed by atoms with van der Waals surface area (Å²) in [6.45, 7) is 6.94. The van der Waals surface area contributed by atoms with Gasteiger partial charge in [-0.05, 0) is 83.5 Å². The first-order valence-corrected chi connectivity index (χ1v) is 12.1. The van der Waals surface area contributed by atoms with Crippen LogP contribution in [0.4, 0.5) is 0 Å². The van der Waals surface area contributed by atoms with E-state index in [1.54, 1.807) is 16.7 Å². The van der Waals surface area contributed by atoms with Crippen LogP contribution in [-0.2, 0) is 19.3 Å². The van der Waals surface area contributed by atoms with Crippen LogP contribution in [0.1, 0.15) is 76.0 Å². The molecular weight excluding hydrogens is 360 g/mol. The SMILES string of the molecule is CCCCc1c(-c2ccccc2)cc(-c2ccccc2)c(CCCC)c1CCCC. The highest BCUT2D eigenvalue weighted by atomic mass is 14.2. The first-order chi connectivity index (χ1) is 14.8. The Balaban J connectivity index is 2.29. The van der Waals surface area contributed by atoms with E-state index < -0.39 is 0 Å². The Morgan fingerprint density at radius 3 is 1.20 bits per heavy atom. The van der Waals surface area contributed by atoms with Crippen molar-refractivity contribution in [3.63, 3.8) is 0 Å². The van der Waals surface area contributed by atoms with Crippen LogP contribution in [0.25, 0.3) is 22.3 Å². The van der Waals surface area contributed by atoms with Crippen molar-refractivity contribution in [2.45, 2.75) is 78.6 Å². The third-order valence-corrected chi connectivity index (χ3v) is 6.18. The summed E-state index contributed by atoms with van der Waals surface area (Å²) >= 11 is 0. The van der Waals surface area contributed by atoms with Gasteiger partial charge in [-0.25, -0.2) is 0 Å². The maximum atomic E-state index is 2.51. The third kappa shape index (κ3) is 5.42. The maximum absolute atomic E-state index is 2.51. The van der Waals surface area contributed by atoms with Gasteiger partial charge in [0.15, 0.2) is 0 Å². The van der Waals surface area contributed by atoms with E-state index in [0.29, 0.717) is 0 Å². The van der Waals surface area contributed by atoms with Crippen LogP contribution in [-0.4, -0.2) is 0 Å². The Bertz CT molecular complexity index is 821. The molecule has 0 amide bonds. The molecule has 0 heteroatoms. The lowest BCUT2D eigenvalue weighted by molar-refractivity contribution is 0.736. The molecule has 0 aliphatic rings. The summed E-state index contributed by atoms with van der Waals surface area (Å²) in [4.78, 5) is 0. The number of hydrogen-bond acceptors (Lipinski definition) is 0. The topological polar surface area (TPSA) is 0 Å². The molecule has 0 N–H and O–H groups in total. The van der Waals surface area contributed by atoms with Crippen molar-refractivity contribution in [1.82, 2.24) is 0 Å². The van der Waals surface area contributed by atoms with E-state index in [1.807, 2.05) is 0 Å². The summed E-state index contributed by atoms with van der Waals surface area (Å²) < 4.78 is 0. The lowest BCUT2D eigenvalue weighted by Gasteiger charge is -2.24. The maximum Gasteiger partial charge on any atom is -0.0143 e. The second-order valence-corrected chi connectivity index (χ2v) is 8.45. The molecule has 0 bridgehead atoms. The lowest BCUT2D eigenvalue weighted by Crippen LogP contribution is -2.07. The Kier molecular flexibility index (Phi) is 8.75. The van der Waals surface area contributed by atoms with Crippen LogP contribution in [0.2, 0.25) is 0 Å². The molecule has 3 aromatic carbocycles. The number of unbranched alkanes of at least 4 members (excludes halogenated alkanes) is 3. The summed E-state index contributed by atoms with van der Waals surface area (Å²) in [6, 6.07) is 24.6. The van der Waals surface area contributed by atoms with Crippen LogP contribution in [0, 0.1) is 0 Å². The fourth-order valence-corrected chi connectivity index (χ4v) is 4.51. The molecule has 0 spiro atoms. The van der Waals surface area contributed by atoms with E-state index in [9.17, 15) is 0 Å². The molecule has 0 fully saturated rings. The van der Waals surface area contributed by atoms with Gasteiger partial charge in [0.1, 0.15) is 0 Å². The highest BCUT2D eigenvalue weighted by molar-refractivity contribution is 5.80. The second kappa shape index (κ2) is 11.7. The summed E-state index contributed by atoms with van der Waals surface area (Å²) in [5.74, 6) is 0.